The summed E-state index contributed by atoms with van der Waals surface area (Å²) in [6, 6.07) is 7.99. The maximum Gasteiger partial charge on any atom is 0.221 e. The Kier molecular flexibility index (Phi) is 6.19. The van der Waals surface area contributed by atoms with Crippen molar-refractivity contribution in [3.63, 3.8) is 0 Å². The van der Waals surface area contributed by atoms with Crippen molar-refractivity contribution in [1.29, 1.82) is 0 Å². The SMILES string of the molecule is COc1ccccc1[C@H](CC(=O)NCC(C)C)c1cnc2n1CC[C@H](C)C2. The average molecular weight is 370 g/mol. The van der Waals surface area contributed by atoms with Crippen LogP contribution in [0.4, 0.5) is 0 Å². The molecule has 0 saturated heterocycles. The van der Waals surface area contributed by atoms with Crippen LogP contribution in [0.25, 0.3) is 0 Å². The number of fused-ring (bicyclic) bond motifs is 1. The smallest absolute Gasteiger partial charge is 0.221 e. The predicted octanol–water partition coefficient (Wildman–Crippen LogP) is 3.77. The number of benzene rings is 1. The number of aromatic nitrogens is 2. The third-order valence-corrected chi connectivity index (χ3v) is 5.31. The summed E-state index contributed by atoms with van der Waals surface area (Å²) in [5.74, 6) is 3.04. The molecule has 1 amide bonds. The first-order valence-electron chi connectivity index (χ1n) is 9.93. The fourth-order valence-corrected chi connectivity index (χ4v) is 3.80. The minimum atomic E-state index is -0.0667. The minimum absolute atomic E-state index is 0.0667. The number of carbonyl (C=O) groups excluding carboxylic acids is 1. The van der Waals surface area contributed by atoms with Crippen LogP contribution < -0.4 is 10.1 Å². The summed E-state index contributed by atoms with van der Waals surface area (Å²) < 4.78 is 7.92. The summed E-state index contributed by atoms with van der Waals surface area (Å²) in [5, 5.41) is 3.06. The van der Waals surface area contributed by atoms with Crippen LogP contribution in [0.2, 0.25) is 0 Å². The van der Waals surface area contributed by atoms with Crippen LogP contribution in [-0.2, 0) is 17.8 Å². The lowest BCUT2D eigenvalue weighted by molar-refractivity contribution is -0.121. The van der Waals surface area contributed by atoms with Gasteiger partial charge in [-0.05, 0) is 24.3 Å². The van der Waals surface area contributed by atoms with E-state index in [-0.39, 0.29) is 11.8 Å². The van der Waals surface area contributed by atoms with Crippen LogP contribution in [0, 0.1) is 11.8 Å². The van der Waals surface area contributed by atoms with Gasteiger partial charge in [-0.2, -0.15) is 0 Å². The molecule has 1 aromatic heterocycles. The maximum atomic E-state index is 12.7. The van der Waals surface area contributed by atoms with Gasteiger partial charge in [0.2, 0.25) is 5.91 Å². The summed E-state index contributed by atoms with van der Waals surface area (Å²) in [4.78, 5) is 17.3. The van der Waals surface area contributed by atoms with Crippen LogP contribution in [-0.4, -0.2) is 29.1 Å². The van der Waals surface area contributed by atoms with E-state index in [1.807, 2.05) is 24.4 Å². The number of nitrogens with one attached hydrogen (secondary N) is 1. The van der Waals surface area contributed by atoms with Crippen LogP contribution in [0.1, 0.15) is 56.6 Å². The molecule has 0 saturated carbocycles. The van der Waals surface area contributed by atoms with Gasteiger partial charge in [-0.3, -0.25) is 4.79 Å². The first-order chi connectivity index (χ1) is 13.0. The van der Waals surface area contributed by atoms with Gasteiger partial charge in [-0.15, -0.1) is 0 Å². The zero-order valence-electron chi connectivity index (χ0n) is 16.9. The lowest BCUT2D eigenvalue weighted by Gasteiger charge is -2.26. The van der Waals surface area contributed by atoms with E-state index in [1.165, 1.54) is 0 Å². The Bertz CT molecular complexity index is 782. The molecule has 1 aliphatic heterocycles. The third kappa shape index (κ3) is 4.52. The molecule has 1 N–H and O–H groups in total. The van der Waals surface area contributed by atoms with Crippen LogP contribution in [0.15, 0.2) is 30.5 Å². The highest BCUT2D eigenvalue weighted by molar-refractivity contribution is 5.77. The van der Waals surface area contributed by atoms with E-state index in [0.717, 1.165) is 42.2 Å². The first kappa shape index (κ1) is 19.5. The van der Waals surface area contributed by atoms with E-state index in [4.69, 9.17) is 4.74 Å². The fraction of sp³-hybridized carbons (Fsp3) is 0.545. The van der Waals surface area contributed by atoms with Crippen molar-refractivity contribution in [1.82, 2.24) is 14.9 Å². The topological polar surface area (TPSA) is 56.1 Å². The second-order valence-electron chi connectivity index (χ2n) is 8.05. The van der Waals surface area contributed by atoms with Gasteiger partial charge in [0.05, 0.1) is 7.11 Å². The molecule has 0 fully saturated rings. The molecular formula is C22H31N3O2. The second kappa shape index (κ2) is 8.59. The molecule has 0 spiro atoms. The van der Waals surface area contributed by atoms with Crippen LogP contribution in [0.3, 0.4) is 0 Å². The Morgan fingerprint density at radius 1 is 1.37 bits per heavy atom. The molecule has 3 rings (SSSR count). The van der Waals surface area contributed by atoms with E-state index in [0.29, 0.717) is 24.8 Å². The molecule has 27 heavy (non-hydrogen) atoms. The number of nitrogens with zero attached hydrogens (tertiary/aromatic N) is 2. The minimum Gasteiger partial charge on any atom is -0.496 e. The number of amides is 1. The number of rotatable bonds is 7. The summed E-state index contributed by atoms with van der Waals surface area (Å²) in [6.45, 7) is 8.14. The number of carbonyl (C=O) groups is 1. The zero-order valence-corrected chi connectivity index (χ0v) is 16.9. The number of methoxy groups -OCH3 is 1. The molecule has 5 heteroatoms. The molecule has 0 radical (unpaired) electrons. The molecule has 5 nitrogen and oxygen atoms in total. The highest BCUT2D eigenvalue weighted by atomic mass is 16.5. The monoisotopic (exact) mass is 369 g/mol. The Morgan fingerprint density at radius 3 is 2.89 bits per heavy atom. The molecule has 1 aliphatic rings. The predicted molar refractivity (Wildman–Crippen MR) is 107 cm³/mol. The normalized spacial score (nSPS) is 17.4. The van der Waals surface area contributed by atoms with Gasteiger partial charge in [0.25, 0.3) is 0 Å². The Morgan fingerprint density at radius 2 is 2.15 bits per heavy atom. The van der Waals surface area contributed by atoms with E-state index in [2.05, 4.69) is 41.7 Å². The van der Waals surface area contributed by atoms with Gasteiger partial charge in [-0.25, -0.2) is 4.98 Å². The number of imidazole rings is 1. The lowest BCUT2D eigenvalue weighted by atomic mass is 9.90. The van der Waals surface area contributed by atoms with Crippen molar-refractivity contribution >= 4 is 5.91 Å². The number of ether oxygens (including phenoxy) is 1. The molecule has 146 valence electrons. The van der Waals surface area contributed by atoms with E-state index in [9.17, 15) is 4.79 Å². The highest BCUT2D eigenvalue weighted by Crippen LogP contribution is 2.36. The maximum absolute atomic E-state index is 12.7. The van der Waals surface area contributed by atoms with Crippen molar-refractivity contribution < 1.29 is 9.53 Å². The molecular weight excluding hydrogens is 338 g/mol. The van der Waals surface area contributed by atoms with E-state index < -0.39 is 0 Å². The molecule has 1 aromatic carbocycles. The van der Waals surface area contributed by atoms with Gasteiger partial charge in [0, 0.05) is 49.3 Å². The molecule has 2 atom stereocenters. The Balaban J connectivity index is 1.94. The molecule has 0 aliphatic carbocycles. The van der Waals surface area contributed by atoms with Crippen LogP contribution in [0.5, 0.6) is 5.75 Å². The standard InChI is InChI=1S/C22H31N3O2/c1-15(2)13-24-22(26)12-18(17-7-5-6-8-20(17)27-4)19-14-23-21-11-16(3)9-10-25(19)21/h5-8,14-16,18H,9-13H2,1-4H3,(H,24,26)/t16-,18-/m0/s1. The van der Waals surface area contributed by atoms with Gasteiger partial charge in [-0.1, -0.05) is 39.0 Å². The largest absolute Gasteiger partial charge is 0.496 e. The Hall–Kier alpha value is -2.30. The van der Waals surface area contributed by atoms with Gasteiger partial charge in [0.15, 0.2) is 0 Å². The number of hydrogen-bond acceptors (Lipinski definition) is 3. The van der Waals surface area contributed by atoms with Gasteiger partial charge in [0.1, 0.15) is 11.6 Å². The molecule has 2 aromatic rings. The molecule has 2 heterocycles. The first-order valence-corrected chi connectivity index (χ1v) is 9.93. The van der Waals surface area contributed by atoms with Crippen molar-refractivity contribution in [2.75, 3.05) is 13.7 Å². The van der Waals surface area contributed by atoms with Crippen molar-refractivity contribution in [2.24, 2.45) is 11.8 Å². The van der Waals surface area contributed by atoms with Crippen molar-refractivity contribution in [3.8, 4) is 5.75 Å². The van der Waals surface area contributed by atoms with Gasteiger partial charge < -0.3 is 14.6 Å². The Labute approximate surface area is 162 Å². The van der Waals surface area contributed by atoms with Crippen LogP contribution >= 0.6 is 0 Å². The fourth-order valence-electron chi connectivity index (χ4n) is 3.80. The number of para-hydroxylation sites is 1. The molecule has 0 unspecified atom stereocenters. The van der Waals surface area contributed by atoms with Gasteiger partial charge >= 0.3 is 0 Å². The summed E-state index contributed by atoms with van der Waals surface area (Å²) in [7, 11) is 1.68. The molecule has 0 bridgehead atoms. The highest BCUT2D eigenvalue weighted by Gasteiger charge is 2.28. The lowest BCUT2D eigenvalue weighted by Crippen LogP contribution is -2.29. The van der Waals surface area contributed by atoms with Crippen molar-refractivity contribution in [3.05, 3.63) is 47.5 Å². The summed E-state index contributed by atoms with van der Waals surface area (Å²) in [6.07, 6.45) is 4.50. The third-order valence-electron chi connectivity index (χ3n) is 5.31. The summed E-state index contributed by atoms with van der Waals surface area (Å²) in [5.41, 5.74) is 2.15. The summed E-state index contributed by atoms with van der Waals surface area (Å²) >= 11 is 0. The number of hydrogen-bond donors (Lipinski definition) is 1. The van der Waals surface area contributed by atoms with E-state index in [1.54, 1.807) is 7.11 Å². The van der Waals surface area contributed by atoms with Crippen molar-refractivity contribution in [2.45, 2.75) is 52.5 Å². The zero-order chi connectivity index (χ0) is 19.4. The quantitative estimate of drug-likeness (QED) is 0.808. The second-order valence-corrected chi connectivity index (χ2v) is 8.05. The average Bonchev–Trinajstić information content (AvgIpc) is 3.07. The van der Waals surface area contributed by atoms with E-state index >= 15 is 0 Å².